The van der Waals surface area contributed by atoms with Gasteiger partial charge < -0.3 is 15.0 Å². The molecule has 1 aliphatic carbocycles. The average Bonchev–Trinajstić information content (AvgIpc) is 2.93. The van der Waals surface area contributed by atoms with Crippen LogP contribution in [-0.4, -0.2) is 16.7 Å². The van der Waals surface area contributed by atoms with Gasteiger partial charge in [-0.3, -0.25) is 0 Å². The predicted octanol–water partition coefficient (Wildman–Crippen LogP) is 3.77. The summed E-state index contributed by atoms with van der Waals surface area (Å²) >= 11 is 0. The van der Waals surface area contributed by atoms with Crippen LogP contribution in [0.3, 0.4) is 0 Å². The summed E-state index contributed by atoms with van der Waals surface area (Å²) in [6.07, 6.45) is 5.97. The van der Waals surface area contributed by atoms with Gasteiger partial charge in [0.05, 0.1) is 6.04 Å². The van der Waals surface area contributed by atoms with Crippen LogP contribution in [0, 0.1) is 11.3 Å². The van der Waals surface area contributed by atoms with Crippen molar-refractivity contribution in [1.82, 2.24) is 10.1 Å². The van der Waals surface area contributed by atoms with Gasteiger partial charge in [-0.25, -0.2) is 0 Å². The maximum Gasteiger partial charge on any atom is 0.243 e. The zero-order chi connectivity index (χ0) is 15.5. The Labute approximate surface area is 127 Å². The van der Waals surface area contributed by atoms with Crippen LogP contribution in [0.25, 0.3) is 0 Å². The molecule has 120 valence electrons. The van der Waals surface area contributed by atoms with Crippen molar-refractivity contribution >= 4 is 0 Å². The minimum absolute atomic E-state index is 0.0773. The molecule has 0 bridgehead atoms. The number of nitrogens with two attached hydrogens (primary N) is 1. The predicted molar refractivity (Wildman–Crippen MR) is 81.6 cm³/mol. The van der Waals surface area contributed by atoms with E-state index in [0.717, 1.165) is 12.8 Å². The molecule has 0 aliphatic heterocycles. The summed E-state index contributed by atoms with van der Waals surface area (Å²) in [5.41, 5.74) is 6.25. The molecule has 1 saturated carbocycles. The van der Waals surface area contributed by atoms with Crippen molar-refractivity contribution in [2.24, 2.45) is 17.1 Å². The van der Waals surface area contributed by atoms with Crippen LogP contribution >= 0.6 is 0 Å². The molecule has 0 amide bonds. The van der Waals surface area contributed by atoms with Gasteiger partial charge >= 0.3 is 0 Å². The summed E-state index contributed by atoms with van der Waals surface area (Å²) in [5, 5.41) is 4.13. The van der Waals surface area contributed by atoms with Gasteiger partial charge in [-0.05, 0) is 31.1 Å². The van der Waals surface area contributed by atoms with Crippen LogP contribution in [0.15, 0.2) is 4.52 Å². The van der Waals surface area contributed by atoms with Gasteiger partial charge in [0.15, 0.2) is 0 Å². The normalized spacial score (nSPS) is 20.4. The molecular formula is C16H29N3O2. The Kier molecular flexibility index (Phi) is 5.38. The maximum absolute atomic E-state index is 6.33. The Hall–Kier alpha value is -0.940. The lowest BCUT2D eigenvalue weighted by Gasteiger charge is -2.27. The number of hydrogen-bond acceptors (Lipinski definition) is 5. The third kappa shape index (κ3) is 4.04. The minimum atomic E-state index is -0.168. The Balaban J connectivity index is 2.12. The van der Waals surface area contributed by atoms with E-state index >= 15 is 0 Å². The third-order valence-electron chi connectivity index (χ3n) is 4.25. The molecule has 2 atom stereocenters. The minimum Gasteiger partial charge on any atom is -0.370 e. The first kappa shape index (κ1) is 16.4. The number of aromatic nitrogens is 2. The van der Waals surface area contributed by atoms with Crippen LogP contribution < -0.4 is 5.73 Å². The Morgan fingerprint density at radius 3 is 2.52 bits per heavy atom. The Morgan fingerprint density at radius 2 is 1.95 bits per heavy atom. The van der Waals surface area contributed by atoms with Crippen LogP contribution in [0.1, 0.15) is 83.7 Å². The zero-order valence-corrected chi connectivity index (χ0v) is 13.8. The van der Waals surface area contributed by atoms with Crippen LogP contribution in [0.5, 0.6) is 0 Å². The molecule has 1 aromatic rings. The fourth-order valence-corrected chi connectivity index (χ4v) is 3.06. The molecule has 5 nitrogen and oxygen atoms in total. The standard InChI is InChI=1S/C16H29N3O2/c1-5-20-13(16(2,3)4)14-18-15(21-19-14)12(17)11-9-7-6-8-10-11/h11-13H,5-10,17H2,1-4H3. The lowest BCUT2D eigenvalue weighted by atomic mass is 9.84. The van der Waals surface area contributed by atoms with E-state index in [9.17, 15) is 0 Å². The highest BCUT2D eigenvalue weighted by Crippen LogP contribution is 2.36. The fraction of sp³-hybridized carbons (Fsp3) is 0.875. The molecule has 0 radical (unpaired) electrons. The molecule has 0 spiro atoms. The topological polar surface area (TPSA) is 74.2 Å². The third-order valence-corrected chi connectivity index (χ3v) is 4.25. The first-order chi connectivity index (χ1) is 9.93. The number of hydrogen-bond donors (Lipinski definition) is 1. The quantitative estimate of drug-likeness (QED) is 0.895. The second-order valence-corrected chi connectivity index (χ2v) is 7.12. The van der Waals surface area contributed by atoms with E-state index in [1.54, 1.807) is 0 Å². The van der Waals surface area contributed by atoms with Crippen LogP contribution in [0.2, 0.25) is 0 Å². The SMILES string of the molecule is CCOC(c1noc(C(N)C2CCCCC2)n1)C(C)(C)C. The van der Waals surface area contributed by atoms with Gasteiger partial charge in [-0.2, -0.15) is 4.98 Å². The van der Waals surface area contributed by atoms with E-state index in [1.807, 2.05) is 6.92 Å². The molecule has 0 saturated heterocycles. The summed E-state index contributed by atoms with van der Waals surface area (Å²) in [4.78, 5) is 4.54. The molecule has 2 N–H and O–H groups in total. The maximum atomic E-state index is 6.33. The first-order valence-corrected chi connectivity index (χ1v) is 8.14. The number of ether oxygens (including phenoxy) is 1. The monoisotopic (exact) mass is 295 g/mol. The van der Waals surface area contributed by atoms with Crippen LogP contribution in [-0.2, 0) is 4.74 Å². The summed E-state index contributed by atoms with van der Waals surface area (Å²) in [6, 6.07) is -0.145. The number of rotatable bonds is 5. The van der Waals surface area contributed by atoms with Crippen LogP contribution in [0.4, 0.5) is 0 Å². The van der Waals surface area contributed by atoms with E-state index in [0.29, 0.717) is 24.2 Å². The molecule has 1 aromatic heterocycles. The van der Waals surface area contributed by atoms with Gasteiger partial charge in [-0.1, -0.05) is 45.2 Å². The lowest BCUT2D eigenvalue weighted by molar-refractivity contribution is -0.0203. The summed E-state index contributed by atoms with van der Waals surface area (Å²) in [7, 11) is 0. The molecule has 2 rings (SSSR count). The average molecular weight is 295 g/mol. The highest BCUT2D eigenvalue weighted by atomic mass is 16.5. The van der Waals surface area contributed by atoms with E-state index in [-0.39, 0.29) is 17.6 Å². The highest BCUT2D eigenvalue weighted by Gasteiger charge is 2.33. The van der Waals surface area contributed by atoms with Crippen molar-refractivity contribution in [3.63, 3.8) is 0 Å². The lowest BCUT2D eigenvalue weighted by Crippen LogP contribution is -2.25. The summed E-state index contributed by atoms with van der Waals surface area (Å²) in [5.74, 6) is 1.64. The second kappa shape index (κ2) is 6.88. The smallest absolute Gasteiger partial charge is 0.243 e. The van der Waals surface area contributed by atoms with E-state index in [2.05, 4.69) is 30.9 Å². The largest absolute Gasteiger partial charge is 0.370 e. The van der Waals surface area contributed by atoms with Crippen molar-refractivity contribution < 1.29 is 9.26 Å². The Morgan fingerprint density at radius 1 is 1.29 bits per heavy atom. The molecule has 1 heterocycles. The Bertz CT molecular complexity index is 433. The fourth-order valence-electron chi connectivity index (χ4n) is 3.06. The van der Waals surface area contributed by atoms with Crippen molar-refractivity contribution in [2.45, 2.75) is 71.9 Å². The highest BCUT2D eigenvalue weighted by molar-refractivity contribution is 5.00. The molecule has 1 fully saturated rings. The molecule has 0 aromatic carbocycles. The van der Waals surface area contributed by atoms with Crippen molar-refractivity contribution in [2.75, 3.05) is 6.61 Å². The van der Waals surface area contributed by atoms with Crippen molar-refractivity contribution in [3.05, 3.63) is 11.7 Å². The first-order valence-electron chi connectivity index (χ1n) is 8.14. The second-order valence-electron chi connectivity index (χ2n) is 7.12. The molecular weight excluding hydrogens is 266 g/mol. The number of nitrogens with zero attached hydrogens (tertiary/aromatic N) is 2. The molecule has 1 aliphatic rings. The van der Waals surface area contributed by atoms with Gasteiger partial charge in [0, 0.05) is 6.61 Å². The zero-order valence-electron chi connectivity index (χ0n) is 13.8. The molecule has 2 unspecified atom stereocenters. The van der Waals surface area contributed by atoms with Gasteiger partial charge in [0.25, 0.3) is 0 Å². The summed E-state index contributed by atoms with van der Waals surface area (Å²) < 4.78 is 11.2. The van der Waals surface area contributed by atoms with Crippen molar-refractivity contribution in [3.8, 4) is 0 Å². The summed E-state index contributed by atoms with van der Waals surface area (Å²) in [6.45, 7) is 8.95. The molecule has 21 heavy (non-hydrogen) atoms. The molecule has 5 heteroatoms. The van der Waals surface area contributed by atoms with E-state index < -0.39 is 0 Å². The van der Waals surface area contributed by atoms with Gasteiger partial charge in [0.2, 0.25) is 11.7 Å². The van der Waals surface area contributed by atoms with E-state index in [1.165, 1.54) is 19.3 Å². The van der Waals surface area contributed by atoms with Crippen molar-refractivity contribution in [1.29, 1.82) is 0 Å². The van der Waals surface area contributed by atoms with E-state index in [4.69, 9.17) is 15.0 Å². The van der Waals surface area contributed by atoms with Gasteiger partial charge in [0.1, 0.15) is 6.10 Å². The van der Waals surface area contributed by atoms with Gasteiger partial charge in [-0.15, -0.1) is 0 Å².